The topological polar surface area (TPSA) is 98.0 Å². The molecule has 0 aromatic carbocycles. The van der Waals surface area contributed by atoms with Crippen molar-refractivity contribution in [2.75, 3.05) is 25.0 Å². The molecule has 0 aliphatic carbocycles. The molecule has 0 radical (unpaired) electrons. The second-order valence-electron chi connectivity index (χ2n) is 5.10. The number of hydrogen-bond donors (Lipinski definition) is 2. The maximum Gasteiger partial charge on any atom is 0.226 e. The Bertz CT molecular complexity index is 624. The lowest BCUT2D eigenvalue weighted by atomic mass is 10.2. The number of aromatic nitrogens is 4. The Morgan fingerprint density at radius 2 is 2.27 bits per heavy atom. The molecule has 0 saturated carbocycles. The SMILES string of the molecule is CCc1nc(CNc2cc([C@H]3CNCCO3)nc(C)n2)no1. The summed E-state index contributed by atoms with van der Waals surface area (Å²) in [5.74, 6) is 2.69. The fourth-order valence-electron chi connectivity index (χ4n) is 2.28. The van der Waals surface area contributed by atoms with Gasteiger partial charge in [-0.3, -0.25) is 0 Å². The van der Waals surface area contributed by atoms with Gasteiger partial charge >= 0.3 is 0 Å². The zero-order valence-corrected chi connectivity index (χ0v) is 12.8. The van der Waals surface area contributed by atoms with Crippen molar-refractivity contribution >= 4 is 5.82 Å². The molecule has 8 heteroatoms. The van der Waals surface area contributed by atoms with E-state index in [9.17, 15) is 0 Å². The molecule has 22 heavy (non-hydrogen) atoms. The molecule has 8 nitrogen and oxygen atoms in total. The summed E-state index contributed by atoms with van der Waals surface area (Å²) in [4.78, 5) is 13.1. The van der Waals surface area contributed by atoms with E-state index in [2.05, 4.69) is 30.7 Å². The van der Waals surface area contributed by atoms with Crippen molar-refractivity contribution in [1.29, 1.82) is 0 Å². The molecule has 1 atom stereocenters. The van der Waals surface area contributed by atoms with Gasteiger partial charge in [-0.15, -0.1) is 0 Å². The number of hydrogen-bond acceptors (Lipinski definition) is 8. The van der Waals surface area contributed by atoms with Crippen LogP contribution in [0.25, 0.3) is 0 Å². The Labute approximate surface area is 128 Å². The number of morpholine rings is 1. The van der Waals surface area contributed by atoms with Crippen molar-refractivity contribution in [3.8, 4) is 0 Å². The van der Waals surface area contributed by atoms with Crippen LogP contribution in [0.4, 0.5) is 5.82 Å². The monoisotopic (exact) mass is 304 g/mol. The molecule has 3 heterocycles. The number of ether oxygens (including phenoxy) is 1. The number of nitrogens with one attached hydrogen (secondary N) is 2. The Morgan fingerprint density at radius 3 is 3.00 bits per heavy atom. The van der Waals surface area contributed by atoms with Gasteiger partial charge in [-0.05, 0) is 6.92 Å². The molecule has 1 aliphatic heterocycles. The molecular formula is C14H20N6O2. The van der Waals surface area contributed by atoms with Gasteiger partial charge in [0.2, 0.25) is 5.89 Å². The van der Waals surface area contributed by atoms with Gasteiger partial charge in [0.05, 0.1) is 18.8 Å². The van der Waals surface area contributed by atoms with E-state index in [1.807, 2.05) is 19.9 Å². The third-order valence-corrected chi connectivity index (χ3v) is 3.36. The summed E-state index contributed by atoms with van der Waals surface area (Å²) in [6, 6.07) is 1.91. The van der Waals surface area contributed by atoms with E-state index in [-0.39, 0.29) is 6.10 Å². The number of nitrogens with zero attached hydrogens (tertiary/aromatic N) is 4. The van der Waals surface area contributed by atoms with Crippen LogP contribution in [-0.2, 0) is 17.7 Å². The van der Waals surface area contributed by atoms with Crippen LogP contribution < -0.4 is 10.6 Å². The molecular weight excluding hydrogens is 284 g/mol. The minimum Gasteiger partial charge on any atom is -0.369 e. The first-order chi connectivity index (χ1) is 10.7. The Morgan fingerprint density at radius 1 is 1.36 bits per heavy atom. The van der Waals surface area contributed by atoms with E-state index in [0.717, 1.165) is 31.0 Å². The van der Waals surface area contributed by atoms with Crippen molar-refractivity contribution in [1.82, 2.24) is 25.4 Å². The number of rotatable bonds is 5. The summed E-state index contributed by atoms with van der Waals surface area (Å²) in [7, 11) is 0. The van der Waals surface area contributed by atoms with Gasteiger partial charge in [-0.25, -0.2) is 9.97 Å². The molecule has 3 rings (SSSR count). The Balaban J connectivity index is 1.68. The van der Waals surface area contributed by atoms with Gasteiger partial charge in [0.1, 0.15) is 17.7 Å². The summed E-state index contributed by atoms with van der Waals surface area (Å²) in [6.45, 7) is 6.64. The first kappa shape index (κ1) is 14.9. The number of anilines is 1. The second-order valence-corrected chi connectivity index (χ2v) is 5.10. The lowest BCUT2D eigenvalue weighted by Crippen LogP contribution is -2.34. The highest BCUT2D eigenvalue weighted by atomic mass is 16.5. The zero-order chi connectivity index (χ0) is 15.4. The van der Waals surface area contributed by atoms with Crippen molar-refractivity contribution in [2.45, 2.75) is 32.9 Å². The van der Waals surface area contributed by atoms with Crippen LogP contribution in [0.2, 0.25) is 0 Å². The lowest BCUT2D eigenvalue weighted by molar-refractivity contribution is 0.0249. The summed E-state index contributed by atoms with van der Waals surface area (Å²) >= 11 is 0. The quantitative estimate of drug-likeness (QED) is 0.844. The molecule has 2 aromatic heterocycles. The van der Waals surface area contributed by atoms with Gasteiger partial charge in [-0.1, -0.05) is 12.1 Å². The summed E-state index contributed by atoms with van der Waals surface area (Å²) in [6.07, 6.45) is 0.698. The normalized spacial score (nSPS) is 18.4. The highest BCUT2D eigenvalue weighted by Gasteiger charge is 2.18. The van der Waals surface area contributed by atoms with Crippen LogP contribution >= 0.6 is 0 Å². The molecule has 1 aliphatic rings. The maximum atomic E-state index is 5.73. The fraction of sp³-hybridized carbons (Fsp3) is 0.571. The van der Waals surface area contributed by atoms with Crippen LogP contribution in [0, 0.1) is 6.92 Å². The van der Waals surface area contributed by atoms with Gasteiger partial charge < -0.3 is 19.9 Å². The predicted molar refractivity (Wildman–Crippen MR) is 79.3 cm³/mol. The highest BCUT2D eigenvalue weighted by molar-refractivity contribution is 5.37. The molecule has 1 fully saturated rings. The smallest absolute Gasteiger partial charge is 0.226 e. The average molecular weight is 304 g/mol. The molecule has 2 aromatic rings. The standard InChI is InChI=1S/C14H20N6O2/c1-3-14-19-13(20-22-14)8-16-12-6-10(17-9(2)18-12)11-7-15-4-5-21-11/h6,11,15H,3-5,7-8H2,1-2H3,(H,16,17,18)/t11-/m1/s1. The third-order valence-electron chi connectivity index (χ3n) is 3.36. The van der Waals surface area contributed by atoms with Gasteiger partial charge in [0, 0.05) is 25.6 Å². The minimum absolute atomic E-state index is 0.0344. The molecule has 0 spiro atoms. The molecule has 1 saturated heterocycles. The molecule has 118 valence electrons. The van der Waals surface area contributed by atoms with Crippen molar-refractivity contribution < 1.29 is 9.26 Å². The molecule has 0 amide bonds. The van der Waals surface area contributed by atoms with Crippen LogP contribution in [0.5, 0.6) is 0 Å². The maximum absolute atomic E-state index is 5.73. The molecule has 0 bridgehead atoms. The first-order valence-electron chi connectivity index (χ1n) is 7.48. The third kappa shape index (κ3) is 3.58. The van der Waals surface area contributed by atoms with E-state index in [0.29, 0.717) is 30.7 Å². The van der Waals surface area contributed by atoms with E-state index in [4.69, 9.17) is 9.26 Å². The van der Waals surface area contributed by atoms with Gasteiger partial charge in [-0.2, -0.15) is 4.98 Å². The average Bonchev–Trinajstić information content (AvgIpc) is 3.01. The van der Waals surface area contributed by atoms with Crippen LogP contribution in [0.3, 0.4) is 0 Å². The number of aryl methyl sites for hydroxylation is 2. The summed E-state index contributed by atoms with van der Waals surface area (Å²) in [5, 5.41) is 10.4. The first-order valence-corrected chi connectivity index (χ1v) is 7.48. The van der Waals surface area contributed by atoms with Gasteiger partial charge in [0.25, 0.3) is 0 Å². The Kier molecular flexibility index (Phi) is 4.59. The van der Waals surface area contributed by atoms with Gasteiger partial charge in [0.15, 0.2) is 5.82 Å². The van der Waals surface area contributed by atoms with Crippen LogP contribution in [0.1, 0.15) is 36.3 Å². The second kappa shape index (κ2) is 6.80. The summed E-state index contributed by atoms with van der Waals surface area (Å²) in [5.41, 5.74) is 0.879. The lowest BCUT2D eigenvalue weighted by Gasteiger charge is -2.23. The molecule has 2 N–H and O–H groups in total. The molecule has 0 unspecified atom stereocenters. The van der Waals surface area contributed by atoms with E-state index < -0.39 is 0 Å². The zero-order valence-electron chi connectivity index (χ0n) is 12.8. The van der Waals surface area contributed by atoms with Crippen molar-refractivity contribution in [3.05, 3.63) is 29.3 Å². The predicted octanol–water partition coefficient (Wildman–Crippen LogP) is 1.00. The Hall–Kier alpha value is -2.06. The van der Waals surface area contributed by atoms with Crippen molar-refractivity contribution in [2.24, 2.45) is 0 Å². The van der Waals surface area contributed by atoms with E-state index in [1.165, 1.54) is 0 Å². The highest BCUT2D eigenvalue weighted by Crippen LogP contribution is 2.19. The summed E-state index contributed by atoms with van der Waals surface area (Å²) < 4.78 is 10.8. The minimum atomic E-state index is -0.0344. The fourth-order valence-corrected chi connectivity index (χ4v) is 2.28. The van der Waals surface area contributed by atoms with Crippen molar-refractivity contribution in [3.63, 3.8) is 0 Å². The van der Waals surface area contributed by atoms with Crippen LogP contribution in [-0.4, -0.2) is 39.8 Å². The van der Waals surface area contributed by atoms with E-state index in [1.54, 1.807) is 0 Å². The largest absolute Gasteiger partial charge is 0.369 e. The van der Waals surface area contributed by atoms with E-state index >= 15 is 0 Å². The van der Waals surface area contributed by atoms with Crippen LogP contribution in [0.15, 0.2) is 10.6 Å².